The molecule has 0 heterocycles. The minimum atomic E-state index is -0.913. The highest BCUT2D eigenvalue weighted by Crippen LogP contribution is 2.04. The summed E-state index contributed by atoms with van der Waals surface area (Å²) >= 11 is 0. The number of nitrogens with two attached hydrogens (primary N) is 1. The second kappa shape index (κ2) is 5.17. The predicted molar refractivity (Wildman–Crippen MR) is 37.6 cm³/mol. The second-order valence-electron chi connectivity index (χ2n) is 2.25. The Labute approximate surface area is 59.6 Å². The Balaban J connectivity index is 0. The lowest BCUT2D eigenvalue weighted by molar-refractivity contribution is -0.139. The van der Waals surface area contributed by atoms with E-state index in [4.69, 9.17) is 10.8 Å². The first-order chi connectivity index (χ1) is 4.09. The van der Waals surface area contributed by atoms with Gasteiger partial charge in [-0.3, -0.25) is 9.50 Å². The van der Waals surface area contributed by atoms with Crippen molar-refractivity contribution in [3.63, 3.8) is 0 Å². The summed E-state index contributed by atoms with van der Waals surface area (Å²) in [4.78, 5) is 10.2. The Morgan fingerprint density at radius 2 is 2.10 bits per heavy atom. The minimum absolute atomic E-state index is 0. The highest BCUT2D eigenvalue weighted by molar-refractivity contribution is 5.73. The van der Waals surface area contributed by atoms with Gasteiger partial charge in [0.1, 0.15) is 6.04 Å². The molecule has 0 radical (unpaired) electrons. The van der Waals surface area contributed by atoms with E-state index in [2.05, 4.69) is 0 Å². The Bertz CT molecular complexity index is 108. The topological polar surface area (TPSA) is 63.3 Å². The van der Waals surface area contributed by atoms with E-state index in [0.29, 0.717) is 0 Å². The molecule has 0 fully saturated rings. The SMILES string of the molecule is CCC(C)C(N)C(=O)O.F. The number of carboxylic acid groups (broad SMARTS) is 1. The van der Waals surface area contributed by atoms with Crippen LogP contribution >= 0.6 is 0 Å². The van der Waals surface area contributed by atoms with Gasteiger partial charge < -0.3 is 10.8 Å². The van der Waals surface area contributed by atoms with Gasteiger partial charge in [0.25, 0.3) is 0 Å². The molecule has 0 amide bonds. The fraction of sp³-hybridized carbons (Fsp3) is 0.833. The normalized spacial score (nSPS) is 15.1. The van der Waals surface area contributed by atoms with Crippen molar-refractivity contribution < 1.29 is 14.6 Å². The smallest absolute Gasteiger partial charge is 0.320 e. The second-order valence-corrected chi connectivity index (χ2v) is 2.25. The van der Waals surface area contributed by atoms with E-state index in [1.165, 1.54) is 0 Å². The molecule has 0 aromatic rings. The van der Waals surface area contributed by atoms with Crippen molar-refractivity contribution in [2.24, 2.45) is 11.7 Å². The van der Waals surface area contributed by atoms with Gasteiger partial charge in [-0.1, -0.05) is 20.3 Å². The number of carboxylic acids is 1. The highest BCUT2D eigenvalue weighted by Gasteiger charge is 2.17. The van der Waals surface area contributed by atoms with Crippen LogP contribution in [0.25, 0.3) is 0 Å². The highest BCUT2D eigenvalue weighted by atomic mass is 19.0. The first kappa shape index (κ1) is 12.1. The molecule has 0 aromatic carbocycles. The fourth-order valence-corrected chi connectivity index (χ4v) is 0.497. The van der Waals surface area contributed by atoms with Crippen LogP contribution < -0.4 is 5.73 Å². The maximum atomic E-state index is 10.2. The van der Waals surface area contributed by atoms with Crippen LogP contribution in [0.15, 0.2) is 0 Å². The zero-order valence-electron chi connectivity index (χ0n) is 6.20. The van der Waals surface area contributed by atoms with Crippen molar-refractivity contribution >= 4 is 5.97 Å². The summed E-state index contributed by atoms with van der Waals surface area (Å²) in [6.45, 7) is 3.76. The molecule has 2 atom stereocenters. The summed E-state index contributed by atoms with van der Waals surface area (Å²) < 4.78 is 0. The van der Waals surface area contributed by atoms with Crippen molar-refractivity contribution in [1.29, 1.82) is 0 Å². The van der Waals surface area contributed by atoms with Gasteiger partial charge in [0.2, 0.25) is 0 Å². The molecule has 0 bridgehead atoms. The van der Waals surface area contributed by atoms with Gasteiger partial charge in [0.15, 0.2) is 0 Å². The molecule has 3 N–H and O–H groups in total. The number of halogens is 1. The van der Waals surface area contributed by atoms with Crippen molar-refractivity contribution in [2.75, 3.05) is 0 Å². The fourth-order valence-electron chi connectivity index (χ4n) is 0.497. The van der Waals surface area contributed by atoms with Gasteiger partial charge in [-0.05, 0) is 5.92 Å². The van der Waals surface area contributed by atoms with E-state index in [0.717, 1.165) is 6.42 Å². The number of hydrogen-bond donors (Lipinski definition) is 2. The van der Waals surface area contributed by atoms with Gasteiger partial charge >= 0.3 is 5.97 Å². The Morgan fingerprint density at radius 1 is 1.70 bits per heavy atom. The predicted octanol–water partition coefficient (Wildman–Crippen LogP) is 0.597. The molecule has 0 aromatic heterocycles. The van der Waals surface area contributed by atoms with Gasteiger partial charge in [-0.15, -0.1) is 0 Å². The summed E-state index contributed by atoms with van der Waals surface area (Å²) in [5.74, 6) is -0.841. The quantitative estimate of drug-likeness (QED) is 0.620. The molecule has 0 rings (SSSR count). The van der Waals surface area contributed by atoms with Crippen LogP contribution in [0.1, 0.15) is 20.3 Å². The monoisotopic (exact) mass is 151 g/mol. The third-order valence-corrected chi connectivity index (χ3v) is 1.54. The van der Waals surface area contributed by atoms with Crippen LogP contribution in [-0.2, 0) is 4.79 Å². The van der Waals surface area contributed by atoms with Crippen molar-refractivity contribution in [1.82, 2.24) is 0 Å². The third-order valence-electron chi connectivity index (χ3n) is 1.54. The van der Waals surface area contributed by atoms with Crippen molar-refractivity contribution in [3.8, 4) is 0 Å². The lowest BCUT2D eigenvalue weighted by atomic mass is 10.0. The zero-order valence-corrected chi connectivity index (χ0v) is 6.20. The van der Waals surface area contributed by atoms with E-state index < -0.39 is 12.0 Å². The van der Waals surface area contributed by atoms with Gasteiger partial charge in [-0.25, -0.2) is 0 Å². The molecule has 0 aliphatic rings. The largest absolute Gasteiger partial charge is 0.480 e. The molecule has 0 aliphatic heterocycles. The number of hydrogen-bond acceptors (Lipinski definition) is 2. The standard InChI is InChI=1S/C6H13NO2.FH/c1-3-4(2)5(7)6(8)9;/h4-5H,3,7H2,1-2H3,(H,8,9);1H. The molecule has 0 spiro atoms. The molecular formula is C6H14FNO2. The number of rotatable bonds is 3. The molecule has 4 heteroatoms. The summed E-state index contributed by atoms with van der Waals surface area (Å²) in [7, 11) is 0. The summed E-state index contributed by atoms with van der Waals surface area (Å²) in [5, 5.41) is 8.36. The average molecular weight is 151 g/mol. The molecule has 2 unspecified atom stereocenters. The molecule has 62 valence electrons. The summed E-state index contributed by atoms with van der Waals surface area (Å²) in [6, 6.07) is -0.699. The lowest BCUT2D eigenvalue weighted by Crippen LogP contribution is -2.36. The molecule has 0 saturated carbocycles. The zero-order chi connectivity index (χ0) is 7.44. The summed E-state index contributed by atoms with van der Waals surface area (Å²) in [6.07, 6.45) is 0.813. The van der Waals surface area contributed by atoms with E-state index in [1.54, 1.807) is 0 Å². The number of aliphatic carboxylic acids is 1. The van der Waals surface area contributed by atoms with Crippen LogP contribution in [0.3, 0.4) is 0 Å². The van der Waals surface area contributed by atoms with Crippen molar-refractivity contribution in [3.05, 3.63) is 0 Å². The first-order valence-corrected chi connectivity index (χ1v) is 3.08. The third kappa shape index (κ3) is 3.40. The van der Waals surface area contributed by atoms with E-state index >= 15 is 0 Å². The van der Waals surface area contributed by atoms with Gasteiger partial charge in [0.05, 0.1) is 0 Å². The summed E-state index contributed by atoms with van der Waals surface area (Å²) in [5.41, 5.74) is 5.27. The average Bonchev–Trinajstić information content (AvgIpc) is 1.84. The Hall–Kier alpha value is -0.640. The van der Waals surface area contributed by atoms with E-state index in [-0.39, 0.29) is 10.6 Å². The van der Waals surface area contributed by atoms with Crippen LogP contribution in [0, 0.1) is 5.92 Å². The molecule has 0 aliphatic carbocycles. The van der Waals surface area contributed by atoms with Gasteiger partial charge in [0, 0.05) is 0 Å². The Morgan fingerprint density at radius 3 is 2.20 bits per heavy atom. The molecule has 3 nitrogen and oxygen atoms in total. The minimum Gasteiger partial charge on any atom is -0.480 e. The lowest BCUT2D eigenvalue weighted by Gasteiger charge is -2.11. The first-order valence-electron chi connectivity index (χ1n) is 3.08. The maximum Gasteiger partial charge on any atom is 0.320 e. The molecular weight excluding hydrogens is 137 g/mol. The number of carbonyl (C=O) groups is 1. The molecule has 10 heavy (non-hydrogen) atoms. The van der Waals surface area contributed by atoms with Crippen LogP contribution in [0.5, 0.6) is 0 Å². The van der Waals surface area contributed by atoms with Crippen LogP contribution in [-0.4, -0.2) is 17.1 Å². The Kier molecular flexibility index (Phi) is 6.24. The van der Waals surface area contributed by atoms with Crippen LogP contribution in [0.2, 0.25) is 0 Å². The van der Waals surface area contributed by atoms with Crippen molar-refractivity contribution in [2.45, 2.75) is 26.3 Å². The van der Waals surface area contributed by atoms with Crippen LogP contribution in [0.4, 0.5) is 4.70 Å². The van der Waals surface area contributed by atoms with E-state index in [1.807, 2.05) is 13.8 Å². The van der Waals surface area contributed by atoms with E-state index in [9.17, 15) is 4.79 Å². The maximum absolute atomic E-state index is 10.2. The van der Waals surface area contributed by atoms with Gasteiger partial charge in [-0.2, -0.15) is 0 Å². The molecule has 0 saturated heterocycles.